The van der Waals surface area contributed by atoms with Crippen LogP contribution in [0, 0.1) is 0 Å². The number of benzene rings is 1. The average Bonchev–Trinajstić information content (AvgIpc) is 3.51. The van der Waals surface area contributed by atoms with Gasteiger partial charge in [0.15, 0.2) is 17.5 Å². The van der Waals surface area contributed by atoms with Crippen LogP contribution >= 0.6 is 24.0 Å². The Labute approximate surface area is 186 Å². The number of methoxy groups -OCH3 is 2. The molecule has 0 heterocycles. The predicted octanol–water partition coefficient (Wildman–Crippen LogP) is 3.20. The van der Waals surface area contributed by atoms with E-state index < -0.39 is 0 Å². The Bertz CT molecular complexity index is 597. The summed E-state index contributed by atoms with van der Waals surface area (Å²) in [4.78, 5) is 7.19. The Morgan fingerprint density at radius 2 is 1.96 bits per heavy atom. The fraction of sp³-hybridized carbons (Fsp3) is 0.650. The summed E-state index contributed by atoms with van der Waals surface area (Å²) in [5, 5.41) is 6.64. The smallest absolute Gasteiger partial charge is 0.195 e. The maximum Gasteiger partial charge on any atom is 0.195 e. The zero-order valence-electron chi connectivity index (χ0n) is 17.5. The molecule has 0 radical (unpaired) electrons. The number of ether oxygens (including phenoxy) is 3. The Kier molecular flexibility index (Phi) is 12.2. The second-order valence-electron chi connectivity index (χ2n) is 6.44. The van der Waals surface area contributed by atoms with Crippen molar-refractivity contribution >= 4 is 35.6 Å². The lowest BCUT2D eigenvalue weighted by Gasteiger charge is -2.20. The third-order valence-corrected chi connectivity index (χ3v) is 4.37. The first kappa shape index (κ1) is 24.8. The fourth-order valence-electron chi connectivity index (χ4n) is 2.88. The van der Waals surface area contributed by atoms with E-state index in [1.165, 1.54) is 12.8 Å². The summed E-state index contributed by atoms with van der Waals surface area (Å²) in [6.07, 6.45) is 2.58. The van der Waals surface area contributed by atoms with Gasteiger partial charge in [-0.05, 0) is 38.8 Å². The molecule has 0 unspecified atom stereocenters. The first-order valence-corrected chi connectivity index (χ1v) is 9.80. The highest BCUT2D eigenvalue weighted by molar-refractivity contribution is 14.0. The number of nitrogens with one attached hydrogen (secondary N) is 2. The van der Waals surface area contributed by atoms with Crippen LogP contribution in [0.1, 0.15) is 26.7 Å². The van der Waals surface area contributed by atoms with E-state index in [1.807, 2.05) is 25.1 Å². The van der Waals surface area contributed by atoms with Crippen molar-refractivity contribution in [2.75, 3.05) is 58.9 Å². The van der Waals surface area contributed by atoms with Gasteiger partial charge in [-0.1, -0.05) is 0 Å². The molecule has 0 amide bonds. The predicted molar refractivity (Wildman–Crippen MR) is 126 cm³/mol. The second-order valence-corrected chi connectivity index (χ2v) is 6.44. The van der Waals surface area contributed by atoms with E-state index in [9.17, 15) is 0 Å². The number of aliphatic imine (C=N–C) groups is 1. The van der Waals surface area contributed by atoms with Crippen LogP contribution in [0.3, 0.4) is 0 Å². The summed E-state index contributed by atoms with van der Waals surface area (Å²) in [6.45, 7) is 8.84. The fourth-order valence-corrected chi connectivity index (χ4v) is 2.88. The molecule has 7 nitrogen and oxygen atoms in total. The Morgan fingerprint density at radius 1 is 1.18 bits per heavy atom. The summed E-state index contributed by atoms with van der Waals surface area (Å²) < 4.78 is 16.2. The number of anilines is 1. The van der Waals surface area contributed by atoms with Crippen LogP contribution in [0.15, 0.2) is 23.2 Å². The van der Waals surface area contributed by atoms with Gasteiger partial charge in [0.25, 0.3) is 0 Å². The summed E-state index contributed by atoms with van der Waals surface area (Å²) >= 11 is 0. The lowest BCUT2D eigenvalue weighted by atomic mass is 10.2. The van der Waals surface area contributed by atoms with Crippen LogP contribution in [-0.4, -0.2) is 70.5 Å². The van der Waals surface area contributed by atoms with Crippen LogP contribution in [0.5, 0.6) is 11.5 Å². The summed E-state index contributed by atoms with van der Waals surface area (Å²) in [5.74, 6) is 2.22. The molecule has 1 aromatic rings. The molecule has 0 spiro atoms. The second kappa shape index (κ2) is 13.8. The molecule has 28 heavy (non-hydrogen) atoms. The average molecular weight is 506 g/mol. The topological polar surface area (TPSA) is 67.4 Å². The van der Waals surface area contributed by atoms with Crippen molar-refractivity contribution in [1.29, 1.82) is 0 Å². The van der Waals surface area contributed by atoms with Gasteiger partial charge in [0.1, 0.15) is 0 Å². The van der Waals surface area contributed by atoms with E-state index >= 15 is 0 Å². The maximum atomic E-state index is 5.57. The summed E-state index contributed by atoms with van der Waals surface area (Å²) in [5.41, 5.74) is 0.911. The minimum Gasteiger partial charge on any atom is -0.493 e. The third-order valence-electron chi connectivity index (χ3n) is 4.37. The molecule has 1 fully saturated rings. The molecule has 0 aromatic heterocycles. The molecule has 1 aliphatic carbocycles. The molecular formula is C20H35IN4O3. The van der Waals surface area contributed by atoms with E-state index in [4.69, 9.17) is 19.2 Å². The maximum absolute atomic E-state index is 5.57. The van der Waals surface area contributed by atoms with Gasteiger partial charge in [-0.3, -0.25) is 9.89 Å². The number of guanidine groups is 1. The van der Waals surface area contributed by atoms with Crippen molar-refractivity contribution in [3.8, 4) is 11.5 Å². The van der Waals surface area contributed by atoms with Gasteiger partial charge in [0.05, 0.1) is 26.9 Å². The molecular weight excluding hydrogens is 471 g/mol. The van der Waals surface area contributed by atoms with Crippen molar-refractivity contribution < 1.29 is 14.2 Å². The van der Waals surface area contributed by atoms with E-state index in [0.29, 0.717) is 18.4 Å². The Balaban J connectivity index is 0.00000392. The molecule has 1 aromatic carbocycles. The monoisotopic (exact) mass is 506 g/mol. The number of hydrogen-bond donors (Lipinski definition) is 2. The normalized spacial score (nSPS) is 13.8. The molecule has 2 N–H and O–H groups in total. The molecule has 1 saturated carbocycles. The molecule has 1 aliphatic rings. The summed E-state index contributed by atoms with van der Waals surface area (Å²) in [6, 6.07) is 6.51. The van der Waals surface area contributed by atoms with Gasteiger partial charge < -0.3 is 24.8 Å². The van der Waals surface area contributed by atoms with Crippen molar-refractivity contribution in [3.63, 3.8) is 0 Å². The number of halogens is 1. The molecule has 0 aliphatic heterocycles. The van der Waals surface area contributed by atoms with Crippen molar-refractivity contribution in [3.05, 3.63) is 18.2 Å². The first-order chi connectivity index (χ1) is 13.2. The number of hydrogen-bond acceptors (Lipinski definition) is 5. The van der Waals surface area contributed by atoms with E-state index in [1.54, 1.807) is 14.2 Å². The lowest BCUT2D eigenvalue weighted by Crippen LogP contribution is -2.34. The van der Waals surface area contributed by atoms with Gasteiger partial charge in [-0.15, -0.1) is 24.0 Å². The molecule has 8 heteroatoms. The minimum atomic E-state index is 0. The van der Waals surface area contributed by atoms with Crippen molar-refractivity contribution in [2.45, 2.75) is 32.7 Å². The van der Waals surface area contributed by atoms with E-state index in [2.05, 4.69) is 22.5 Å². The van der Waals surface area contributed by atoms with Gasteiger partial charge in [0.2, 0.25) is 0 Å². The van der Waals surface area contributed by atoms with Crippen LogP contribution in [0.2, 0.25) is 0 Å². The zero-order valence-corrected chi connectivity index (χ0v) is 19.8. The number of rotatable bonds is 12. The summed E-state index contributed by atoms with van der Waals surface area (Å²) in [7, 11) is 3.40. The Morgan fingerprint density at radius 3 is 2.57 bits per heavy atom. The first-order valence-electron chi connectivity index (χ1n) is 9.80. The highest BCUT2D eigenvalue weighted by Gasteiger charge is 2.28. The molecule has 0 atom stereocenters. The third kappa shape index (κ3) is 8.40. The van der Waals surface area contributed by atoms with Gasteiger partial charge in [0, 0.05) is 44.5 Å². The molecule has 2 rings (SSSR count). The molecule has 0 bridgehead atoms. The molecule has 0 saturated heterocycles. The van der Waals surface area contributed by atoms with E-state index in [0.717, 1.165) is 50.2 Å². The van der Waals surface area contributed by atoms with Crippen LogP contribution in [0.4, 0.5) is 5.69 Å². The van der Waals surface area contributed by atoms with E-state index in [-0.39, 0.29) is 24.0 Å². The molecule has 160 valence electrons. The van der Waals surface area contributed by atoms with Crippen LogP contribution < -0.4 is 20.1 Å². The zero-order chi connectivity index (χ0) is 19.5. The van der Waals surface area contributed by atoms with Gasteiger partial charge in [-0.25, -0.2) is 0 Å². The van der Waals surface area contributed by atoms with Gasteiger partial charge in [-0.2, -0.15) is 0 Å². The standard InChI is InChI=1S/C20H34N4O3.HI/c1-5-21-20(22-11-12-24(13-14-25-3)17-8-9-17)23-16-7-10-18(27-6-2)19(15-16)26-4;/h7,10,15,17H,5-6,8-9,11-14H2,1-4H3,(H2,21,22,23);1H. The quantitative estimate of drug-likeness (QED) is 0.258. The van der Waals surface area contributed by atoms with Crippen LogP contribution in [0.25, 0.3) is 0 Å². The number of nitrogens with zero attached hydrogens (tertiary/aromatic N) is 2. The van der Waals surface area contributed by atoms with Gasteiger partial charge >= 0.3 is 0 Å². The minimum absolute atomic E-state index is 0. The lowest BCUT2D eigenvalue weighted by molar-refractivity contribution is 0.145. The largest absolute Gasteiger partial charge is 0.493 e. The Hall–Kier alpha value is -1.26. The van der Waals surface area contributed by atoms with Crippen LogP contribution in [-0.2, 0) is 4.74 Å². The highest BCUT2D eigenvalue weighted by Crippen LogP contribution is 2.30. The van der Waals surface area contributed by atoms with Crippen molar-refractivity contribution in [1.82, 2.24) is 10.2 Å². The van der Waals surface area contributed by atoms with Crippen molar-refractivity contribution in [2.24, 2.45) is 4.99 Å². The SMILES string of the molecule is CCNC(=NCCN(CCOC)C1CC1)Nc1ccc(OCC)c(OC)c1.I. The highest BCUT2D eigenvalue weighted by atomic mass is 127.